The SMILES string of the molecule is Cc1cccnc1CNCCn1ccnc1. The zero-order chi connectivity index (χ0) is 11.2. The molecule has 2 aromatic heterocycles. The van der Waals surface area contributed by atoms with Crippen molar-refractivity contribution >= 4 is 0 Å². The third kappa shape index (κ3) is 2.90. The van der Waals surface area contributed by atoms with Gasteiger partial charge in [0.1, 0.15) is 0 Å². The molecule has 0 aliphatic rings. The van der Waals surface area contributed by atoms with E-state index in [4.69, 9.17) is 0 Å². The highest BCUT2D eigenvalue weighted by atomic mass is 15.0. The molecule has 0 fully saturated rings. The third-order valence-electron chi connectivity index (χ3n) is 2.52. The zero-order valence-corrected chi connectivity index (χ0v) is 9.43. The van der Waals surface area contributed by atoms with Gasteiger partial charge in [-0.1, -0.05) is 6.07 Å². The summed E-state index contributed by atoms with van der Waals surface area (Å²) in [5.41, 5.74) is 2.35. The fourth-order valence-corrected chi connectivity index (χ4v) is 1.54. The lowest BCUT2D eigenvalue weighted by Gasteiger charge is -2.06. The van der Waals surface area contributed by atoms with E-state index in [1.165, 1.54) is 5.56 Å². The molecule has 0 aliphatic heterocycles. The summed E-state index contributed by atoms with van der Waals surface area (Å²) < 4.78 is 2.05. The highest BCUT2D eigenvalue weighted by molar-refractivity contribution is 5.17. The summed E-state index contributed by atoms with van der Waals surface area (Å²) in [5, 5.41) is 3.37. The lowest BCUT2D eigenvalue weighted by atomic mass is 10.2. The smallest absolute Gasteiger partial charge is 0.0946 e. The second-order valence-corrected chi connectivity index (χ2v) is 3.74. The van der Waals surface area contributed by atoms with Gasteiger partial charge in [0.15, 0.2) is 0 Å². The lowest BCUT2D eigenvalue weighted by molar-refractivity contribution is 0.591. The van der Waals surface area contributed by atoms with Crippen LogP contribution in [0.5, 0.6) is 0 Å². The maximum atomic E-state index is 4.33. The van der Waals surface area contributed by atoms with Crippen molar-refractivity contribution in [1.29, 1.82) is 0 Å². The first-order chi connectivity index (χ1) is 7.86. The number of pyridine rings is 1. The maximum Gasteiger partial charge on any atom is 0.0946 e. The summed E-state index contributed by atoms with van der Waals surface area (Å²) in [6.07, 6.45) is 7.42. The highest BCUT2D eigenvalue weighted by Gasteiger charge is 1.97. The Hall–Kier alpha value is -1.68. The van der Waals surface area contributed by atoms with Gasteiger partial charge in [0.25, 0.3) is 0 Å². The molecule has 16 heavy (non-hydrogen) atoms. The topological polar surface area (TPSA) is 42.7 Å². The van der Waals surface area contributed by atoms with Crippen LogP contribution in [-0.2, 0) is 13.1 Å². The Bertz CT molecular complexity index is 422. The summed E-state index contributed by atoms with van der Waals surface area (Å²) in [5.74, 6) is 0. The molecule has 0 aliphatic carbocycles. The standard InChI is InChI=1S/C12H16N4/c1-11-3-2-4-15-12(11)9-13-5-7-16-8-6-14-10-16/h2-4,6,8,10,13H,5,7,9H2,1H3. The number of nitrogens with zero attached hydrogens (tertiary/aromatic N) is 3. The molecule has 0 saturated heterocycles. The molecular weight excluding hydrogens is 200 g/mol. The molecule has 0 bridgehead atoms. The average molecular weight is 216 g/mol. The van der Waals surface area contributed by atoms with E-state index in [1.807, 2.05) is 24.8 Å². The first-order valence-corrected chi connectivity index (χ1v) is 5.43. The Kier molecular flexibility index (Phi) is 3.66. The molecule has 2 heterocycles. The van der Waals surface area contributed by atoms with Gasteiger partial charge in [0.05, 0.1) is 12.0 Å². The molecular formula is C12H16N4. The Balaban J connectivity index is 1.74. The fraction of sp³-hybridized carbons (Fsp3) is 0.333. The van der Waals surface area contributed by atoms with Crippen LogP contribution in [0.4, 0.5) is 0 Å². The van der Waals surface area contributed by atoms with Crippen LogP contribution in [0, 0.1) is 6.92 Å². The van der Waals surface area contributed by atoms with Crippen molar-refractivity contribution in [3.05, 3.63) is 48.3 Å². The Labute approximate surface area is 95.4 Å². The van der Waals surface area contributed by atoms with Crippen LogP contribution in [0.3, 0.4) is 0 Å². The van der Waals surface area contributed by atoms with Crippen LogP contribution in [0.2, 0.25) is 0 Å². The predicted octanol–water partition coefficient (Wildman–Crippen LogP) is 1.38. The van der Waals surface area contributed by atoms with Crippen molar-refractivity contribution in [3.8, 4) is 0 Å². The van der Waals surface area contributed by atoms with Gasteiger partial charge >= 0.3 is 0 Å². The lowest BCUT2D eigenvalue weighted by Crippen LogP contribution is -2.20. The minimum Gasteiger partial charge on any atom is -0.336 e. The van der Waals surface area contributed by atoms with Crippen LogP contribution in [0.25, 0.3) is 0 Å². The molecule has 2 rings (SSSR count). The third-order valence-corrected chi connectivity index (χ3v) is 2.52. The number of hydrogen-bond acceptors (Lipinski definition) is 3. The van der Waals surface area contributed by atoms with E-state index in [0.717, 1.165) is 25.3 Å². The highest BCUT2D eigenvalue weighted by Crippen LogP contribution is 2.01. The van der Waals surface area contributed by atoms with Gasteiger partial charge in [-0.15, -0.1) is 0 Å². The molecule has 0 amide bonds. The molecule has 0 saturated carbocycles. The van der Waals surface area contributed by atoms with Crippen molar-refractivity contribution in [3.63, 3.8) is 0 Å². The van der Waals surface area contributed by atoms with Crippen LogP contribution in [-0.4, -0.2) is 21.1 Å². The number of rotatable bonds is 5. The molecule has 0 unspecified atom stereocenters. The zero-order valence-electron chi connectivity index (χ0n) is 9.43. The van der Waals surface area contributed by atoms with E-state index < -0.39 is 0 Å². The van der Waals surface area contributed by atoms with Gasteiger partial charge in [-0.2, -0.15) is 0 Å². The monoisotopic (exact) mass is 216 g/mol. The van der Waals surface area contributed by atoms with Crippen molar-refractivity contribution in [2.24, 2.45) is 0 Å². The van der Waals surface area contributed by atoms with E-state index >= 15 is 0 Å². The van der Waals surface area contributed by atoms with Crippen LogP contribution in [0.1, 0.15) is 11.3 Å². The summed E-state index contributed by atoms with van der Waals surface area (Å²) >= 11 is 0. The molecule has 0 radical (unpaired) electrons. The minimum absolute atomic E-state index is 0.821. The van der Waals surface area contributed by atoms with Crippen LogP contribution >= 0.6 is 0 Å². The van der Waals surface area contributed by atoms with Crippen LogP contribution in [0.15, 0.2) is 37.1 Å². The summed E-state index contributed by atoms with van der Waals surface area (Å²) in [6.45, 7) is 4.76. The summed E-state index contributed by atoms with van der Waals surface area (Å²) in [4.78, 5) is 8.33. The molecule has 0 atom stereocenters. The van der Waals surface area contributed by atoms with Gasteiger partial charge in [-0.3, -0.25) is 4.98 Å². The number of nitrogens with one attached hydrogen (secondary N) is 1. The Morgan fingerprint density at radius 1 is 1.38 bits per heavy atom. The maximum absolute atomic E-state index is 4.33. The summed E-state index contributed by atoms with van der Waals surface area (Å²) in [7, 11) is 0. The van der Waals surface area contributed by atoms with E-state index in [-0.39, 0.29) is 0 Å². The van der Waals surface area contributed by atoms with Crippen molar-refractivity contribution < 1.29 is 0 Å². The van der Waals surface area contributed by atoms with E-state index in [9.17, 15) is 0 Å². The first kappa shape index (κ1) is 10.8. The molecule has 4 heteroatoms. The fourth-order valence-electron chi connectivity index (χ4n) is 1.54. The van der Waals surface area contributed by atoms with E-state index in [1.54, 1.807) is 6.20 Å². The quantitative estimate of drug-likeness (QED) is 0.768. The largest absolute Gasteiger partial charge is 0.336 e. The first-order valence-electron chi connectivity index (χ1n) is 5.43. The molecule has 0 aromatic carbocycles. The second kappa shape index (κ2) is 5.42. The second-order valence-electron chi connectivity index (χ2n) is 3.74. The number of aryl methyl sites for hydroxylation is 1. The van der Waals surface area contributed by atoms with Gasteiger partial charge in [0.2, 0.25) is 0 Å². The number of aromatic nitrogens is 3. The van der Waals surface area contributed by atoms with Gasteiger partial charge < -0.3 is 9.88 Å². The molecule has 0 spiro atoms. The molecule has 4 nitrogen and oxygen atoms in total. The number of hydrogen-bond donors (Lipinski definition) is 1. The molecule has 1 N–H and O–H groups in total. The van der Waals surface area contributed by atoms with Crippen LogP contribution < -0.4 is 5.32 Å². The Morgan fingerprint density at radius 3 is 3.06 bits per heavy atom. The van der Waals surface area contributed by atoms with Crippen molar-refractivity contribution in [2.45, 2.75) is 20.0 Å². The average Bonchev–Trinajstić information content (AvgIpc) is 2.79. The van der Waals surface area contributed by atoms with Crippen molar-refractivity contribution in [2.75, 3.05) is 6.54 Å². The van der Waals surface area contributed by atoms with Gasteiger partial charge in [0, 0.05) is 38.2 Å². The number of imidazole rings is 1. The van der Waals surface area contributed by atoms with Gasteiger partial charge in [-0.05, 0) is 18.6 Å². The Morgan fingerprint density at radius 2 is 2.31 bits per heavy atom. The van der Waals surface area contributed by atoms with E-state index in [0.29, 0.717) is 0 Å². The van der Waals surface area contributed by atoms with E-state index in [2.05, 4.69) is 32.8 Å². The molecule has 84 valence electrons. The molecule has 2 aromatic rings. The predicted molar refractivity (Wildman–Crippen MR) is 62.9 cm³/mol. The summed E-state index contributed by atoms with van der Waals surface area (Å²) in [6, 6.07) is 4.05. The minimum atomic E-state index is 0.821. The van der Waals surface area contributed by atoms with Gasteiger partial charge in [-0.25, -0.2) is 4.98 Å². The normalized spacial score (nSPS) is 10.6. The van der Waals surface area contributed by atoms with Crippen molar-refractivity contribution in [1.82, 2.24) is 19.9 Å².